The van der Waals surface area contributed by atoms with Gasteiger partial charge >= 0.3 is 5.97 Å². The van der Waals surface area contributed by atoms with Crippen molar-refractivity contribution in [3.8, 4) is 0 Å². The predicted octanol–water partition coefficient (Wildman–Crippen LogP) is 4.05. The molecule has 1 rings (SSSR count). The Hall–Kier alpha value is -0.910. The Balaban J connectivity index is 2.33. The molecular formula is C22H40O5. The molecule has 0 saturated heterocycles. The van der Waals surface area contributed by atoms with Crippen molar-refractivity contribution in [1.82, 2.24) is 0 Å². The van der Waals surface area contributed by atoms with E-state index in [2.05, 4.69) is 6.92 Å². The summed E-state index contributed by atoms with van der Waals surface area (Å²) in [7, 11) is 0. The van der Waals surface area contributed by atoms with Crippen LogP contribution < -0.4 is 0 Å². The first-order valence-electron chi connectivity index (χ1n) is 10.9. The third-order valence-corrected chi connectivity index (χ3v) is 5.75. The van der Waals surface area contributed by atoms with Gasteiger partial charge in [0, 0.05) is 18.8 Å². The van der Waals surface area contributed by atoms with E-state index in [9.17, 15) is 20.1 Å². The second kappa shape index (κ2) is 14.1. The normalized spacial score (nSPS) is 26.7. The topological polar surface area (TPSA) is 98.0 Å². The van der Waals surface area contributed by atoms with E-state index in [1.54, 1.807) is 6.08 Å². The molecule has 0 bridgehead atoms. The SMILES string of the molecule is CCCCCCCCC(O)C=CC1C(O)CC(O)C1CCCCCC(=O)O. The van der Waals surface area contributed by atoms with Crippen molar-refractivity contribution in [3.05, 3.63) is 12.2 Å². The fraction of sp³-hybridized carbons (Fsp3) is 0.864. The van der Waals surface area contributed by atoms with Crippen LogP contribution in [0.4, 0.5) is 0 Å². The molecule has 0 amide bonds. The monoisotopic (exact) mass is 384 g/mol. The third-order valence-electron chi connectivity index (χ3n) is 5.75. The summed E-state index contributed by atoms with van der Waals surface area (Å²) >= 11 is 0. The molecule has 1 fully saturated rings. The number of carbonyl (C=O) groups is 1. The number of aliphatic hydroxyl groups is 3. The lowest BCUT2D eigenvalue weighted by Gasteiger charge is -2.21. The summed E-state index contributed by atoms with van der Waals surface area (Å²) in [6, 6.07) is 0. The van der Waals surface area contributed by atoms with Crippen molar-refractivity contribution in [3.63, 3.8) is 0 Å². The Bertz CT molecular complexity index is 423. The number of carboxylic acid groups (broad SMARTS) is 1. The van der Waals surface area contributed by atoms with Crippen LogP contribution in [0.1, 0.15) is 90.4 Å². The van der Waals surface area contributed by atoms with E-state index in [1.807, 2.05) is 6.08 Å². The van der Waals surface area contributed by atoms with Gasteiger partial charge in [0.15, 0.2) is 0 Å². The van der Waals surface area contributed by atoms with E-state index in [0.717, 1.165) is 38.5 Å². The highest BCUT2D eigenvalue weighted by molar-refractivity contribution is 5.66. The first-order chi connectivity index (χ1) is 13.0. The van der Waals surface area contributed by atoms with Gasteiger partial charge in [0.2, 0.25) is 0 Å². The molecule has 1 aliphatic carbocycles. The highest BCUT2D eigenvalue weighted by Crippen LogP contribution is 2.37. The minimum absolute atomic E-state index is 0.0117. The quantitative estimate of drug-likeness (QED) is 0.252. The molecule has 5 heteroatoms. The molecule has 5 nitrogen and oxygen atoms in total. The van der Waals surface area contributed by atoms with Gasteiger partial charge in [-0.15, -0.1) is 0 Å². The number of carboxylic acids is 1. The van der Waals surface area contributed by atoms with Gasteiger partial charge in [-0.1, -0.05) is 70.4 Å². The molecule has 0 aromatic rings. The number of aliphatic carboxylic acids is 1. The Labute approximate surface area is 164 Å². The maximum atomic E-state index is 10.5. The molecule has 0 aromatic heterocycles. The molecule has 0 aromatic carbocycles. The van der Waals surface area contributed by atoms with Crippen molar-refractivity contribution in [1.29, 1.82) is 0 Å². The molecule has 4 N–H and O–H groups in total. The van der Waals surface area contributed by atoms with Gasteiger partial charge < -0.3 is 20.4 Å². The van der Waals surface area contributed by atoms with Gasteiger partial charge in [-0.05, 0) is 25.2 Å². The smallest absolute Gasteiger partial charge is 0.303 e. The standard InChI is InChI=1S/C22H40O5/c1-2-3-4-5-6-8-11-17(23)14-15-19-18(20(24)16-21(19)25)12-9-7-10-13-22(26)27/h14-15,17-21,23-25H,2-13,16H2,1H3,(H,26,27). The maximum absolute atomic E-state index is 10.5. The Kier molecular flexibility index (Phi) is 12.6. The van der Waals surface area contributed by atoms with Crippen LogP contribution in [0.3, 0.4) is 0 Å². The minimum atomic E-state index is -0.772. The molecule has 0 spiro atoms. The van der Waals surface area contributed by atoms with Crippen molar-refractivity contribution in [2.24, 2.45) is 11.8 Å². The number of rotatable bonds is 15. The van der Waals surface area contributed by atoms with Crippen molar-refractivity contribution >= 4 is 5.97 Å². The highest BCUT2D eigenvalue weighted by Gasteiger charge is 2.39. The van der Waals surface area contributed by atoms with Crippen molar-refractivity contribution < 1.29 is 25.2 Å². The third kappa shape index (κ3) is 10.3. The summed E-state index contributed by atoms with van der Waals surface area (Å²) in [5.41, 5.74) is 0. The summed E-state index contributed by atoms with van der Waals surface area (Å²) in [6.07, 6.45) is 13.7. The fourth-order valence-corrected chi connectivity index (χ4v) is 4.10. The van der Waals surface area contributed by atoms with Crippen LogP contribution in [0, 0.1) is 11.8 Å². The fourth-order valence-electron chi connectivity index (χ4n) is 4.10. The lowest BCUT2D eigenvalue weighted by Crippen LogP contribution is -2.21. The van der Waals surface area contributed by atoms with Gasteiger partial charge in [-0.25, -0.2) is 0 Å². The number of unbranched alkanes of at least 4 members (excludes halogenated alkanes) is 7. The van der Waals surface area contributed by atoms with Crippen LogP contribution in [0.15, 0.2) is 12.2 Å². The number of hydrogen-bond donors (Lipinski definition) is 4. The second-order valence-corrected chi connectivity index (χ2v) is 8.11. The number of hydrogen-bond acceptors (Lipinski definition) is 4. The molecule has 158 valence electrons. The van der Waals surface area contributed by atoms with Crippen LogP contribution >= 0.6 is 0 Å². The first kappa shape index (κ1) is 24.1. The van der Waals surface area contributed by atoms with Gasteiger partial charge in [0.05, 0.1) is 18.3 Å². The van der Waals surface area contributed by atoms with Crippen LogP contribution in [0.25, 0.3) is 0 Å². The van der Waals surface area contributed by atoms with E-state index in [4.69, 9.17) is 5.11 Å². The van der Waals surface area contributed by atoms with E-state index in [1.165, 1.54) is 25.7 Å². The average Bonchev–Trinajstić information content (AvgIpc) is 2.88. The van der Waals surface area contributed by atoms with Gasteiger partial charge in [-0.2, -0.15) is 0 Å². The van der Waals surface area contributed by atoms with Crippen molar-refractivity contribution in [2.45, 2.75) is 109 Å². The van der Waals surface area contributed by atoms with Crippen LogP contribution in [0.5, 0.6) is 0 Å². The van der Waals surface area contributed by atoms with Crippen molar-refractivity contribution in [2.75, 3.05) is 0 Å². The van der Waals surface area contributed by atoms with E-state index >= 15 is 0 Å². The molecule has 1 saturated carbocycles. The molecule has 27 heavy (non-hydrogen) atoms. The molecule has 0 aliphatic heterocycles. The Morgan fingerprint density at radius 3 is 2.37 bits per heavy atom. The van der Waals surface area contributed by atoms with E-state index < -0.39 is 24.3 Å². The predicted molar refractivity (Wildman–Crippen MR) is 107 cm³/mol. The lowest BCUT2D eigenvalue weighted by atomic mass is 9.88. The van der Waals surface area contributed by atoms with Crippen LogP contribution in [-0.4, -0.2) is 44.7 Å². The second-order valence-electron chi connectivity index (χ2n) is 8.11. The molecule has 0 radical (unpaired) electrons. The van der Waals surface area contributed by atoms with Gasteiger partial charge in [0.1, 0.15) is 0 Å². The Morgan fingerprint density at radius 2 is 1.67 bits per heavy atom. The zero-order valence-electron chi connectivity index (χ0n) is 16.9. The molecule has 1 aliphatic rings. The summed E-state index contributed by atoms with van der Waals surface area (Å²) < 4.78 is 0. The van der Waals surface area contributed by atoms with Crippen LogP contribution in [-0.2, 0) is 4.79 Å². The Morgan fingerprint density at radius 1 is 1.00 bits per heavy atom. The van der Waals surface area contributed by atoms with Crippen LogP contribution in [0.2, 0.25) is 0 Å². The first-order valence-corrected chi connectivity index (χ1v) is 10.9. The zero-order valence-corrected chi connectivity index (χ0v) is 16.9. The molecular weight excluding hydrogens is 344 g/mol. The largest absolute Gasteiger partial charge is 0.481 e. The number of aliphatic hydroxyl groups excluding tert-OH is 3. The van der Waals surface area contributed by atoms with E-state index in [-0.39, 0.29) is 18.3 Å². The maximum Gasteiger partial charge on any atom is 0.303 e. The summed E-state index contributed by atoms with van der Waals surface area (Å²) in [4.78, 5) is 10.5. The summed E-state index contributed by atoms with van der Waals surface area (Å²) in [6.45, 7) is 2.20. The van der Waals surface area contributed by atoms with Gasteiger partial charge in [0.25, 0.3) is 0 Å². The molecule has 0 heterocycles. The van der Waals surface area contributed by atoms with E-state index in [0.29, 0.717) is 12.8 Å². The zero-order chi connectivity index (χ0) is 20.1. The lowest BCUT2D eigenvalue weighted by molar-refractivity contribution is -0.137. The molecule has 5 atom stereocenters. The highest BCUT2D eigenvalue weighted by atomic mass is 16.4. The average molecular weight is 385 g/mol. The summed E-state index contributed by atoms with van der Waals surface area (Å²) in [5, 5.41) is 39.3. The minimum Gasteiger partial charge on any atom is -0.481 e. The van der Waals surface area contributed by atoms with Gasteiger partial charge in [-0.3, -0.25) is 4.79 Å². The summed E-state index contributed by atoms with van der Waals surface area (Å²) in [5.74, 6) is -0.910. The molecule has 5 unspecified atom stereocenters.